The maximum atomic E-state index is 14.2. The summed E-state index contributed by atoms with van der Waals surface area (Å²) in [7, 11) is -8.54. The molecule has 4 aliphatic heterocycles. The van der Waals surface area contributed by atoms with Gasteiger partial charge in [-0.1, -0.05) is 132 Å². The number of H-pyrrole nitrogens is 2. The minimum absolute atomic E-state index is 0.0405. The van der Waals surface area contributed by atoms with Gasteiger partial charge in [-0.3, -0.25) is 23.9 Å². The maximum absolute atomic E-state index is 14.2. The van der Waals surface area contributed by atoms with E-state index in [1.807, 2.05) is 43.3 Å². The smallest absolute Gasteiger partial charge is 0.264 e. The van der Waals surface area contributed by atoms with Gasteiger partial charge >= 0.3 is 0 Å². The molecule has 0 spiro atoms. The van der Waals surface area contributed by atoms with Crippen LogP contribution < -0.4 is 15.5 Å². The Kier molecular flexibility index (Phi) is 24.4. The van der Waals surface area contributed by atoms with Gasteiger partial charge in [-0.25, -0.2) is 13.4 Å². The first kappa shape index (κ1) is 82.2. The number of benzene rings is 5. The molecule has 0 saturated heterocycles. The minimum Gasteiger partial charge on any atom is -0.748 e. The number of aromatic amines is 2. The van der Waals surface area contributed by atoms with Gasteiger partial charge in [-0.15, -0.1) is 0 Å². The fourth-order valence-electron chi connectivity index (χ4n) is 18.6. The van der Waals surface area contributed by atoms with Crippen LogP contribution in [0.3, 0.4) is 0 Å². The number of ether oxygens (including phenoxy) is 1. The number of Topliss-reactive ketones (excluding diaryl/α,β-unsaturated/α-hetero) is 1. The summed E-state index contributed by atoms with van der Waals surface area (Å²) in [4.78, 5) is 64.9. The average molecular weight is 1610 g/mol. The number of amides is 2. The Morgan fingerprint density at radius 3 is 2.20 bits per heavy atom. The number of carbonyl (C=O) groups is 3. The highest BCUT2D eigenvalue weighted by Crippen LogP contribution is 2.53. The van der Waals surface area contributed by atoms with Crippen molar-refractivity contribution < 1.29 is 49.6 Å². The number of hydrogen-bond acceptors (Lipinski definition) is 13. The summed E-state index contributed by atoms with van der Waals surface area (Å²) in [5.74, 6) is -1.44. The van der Waals surface area contributed by atoms with Crippen molar-refractivity contribution in [2.75, 3.05) is 49.2 Å². The molecule has 21 heteroatoms. The van der Waals surface area contributed by atoms with Crippen LogP contribution in [0.4, 0.5) is 11.4 Å². The number of allylic oxidation sites excluding steroid dienone is 9. The topological polar surface area (TPSA) is 260 Å². The molecule has 602 valence electrons. The molecule has 5 N–H and O–H groups in total. The number of fused-ring (bicyclic) bond motifs is 14. The SMILES string of the molecule is CCCCCCOC(C)c1c(C)c2cc3nc(c4c5[nH]c(cc6nc(cc1[nH]2)C(C)=C6CC)c(C)c5C(=O)C4)[C@@H](CCC(=O)NCCNC(=O)c1ccc(SC2=C(/C=C/C4=[N+](CCCCS(=O)(=O)[O-])c5ccc6ccccc6c5C4(C)C)CCC/C2=C\C=C2\N(CCCCS(=O)(=O)O)c4ccc5ccccc5c4C2(C)C)cc1)[C@@H]3C. The number of ketones is 1. The van der Waals surface area contributed by atoms with Crippen LogP contribution in [0, 0.1) is 13.8 Å². The lowest BCUT2D eigenvalue weighted by molar-refractivity contribution is -0.438. The fourth-order valence-corrected chi connectivity index (χ4v) is 20.8. The Labute approximate surface area is 681 Å². The van der Waals surface area contributed by atoms with Gasteiger partial charge in [0.1, 0.15) is 6.54 Å². The van der Waals surface area contributed by atoms with Gasteiger partial charge in [0.05, 0.1) is 50.0 Å². The molecule has 0 saturated carbocycles. The summed E-state index contributed by atoms with van der Waals surface area (Å²) in [6.07, 6.45) is 18.9. The Morgan fingerprint density at radius 1 is 0.765 bits per heavy atom. The summed E-state index contributed by atoms with van der Waals surface area (Å²) in [6.45, 7) is 26.0. The third-order valence-corrected chi connectivity index (χ3v) is 27.4. The van der Waals surface area contributed by atoms with Gasteiger partial charge in [0.25, 0.3) is 16.0 Å². The van der Waals surface area contributed by atoms with Crippen molar-refractivity contribution in [3.8, 4) is 0 Å². The predicted molar refractivity (Wildman–Crippen MR) is 465 cm³/mol. The highest BCUT2D eigenvalue weighted by Gasteiger charge is 2.46. The number of thioether (sulfide) groups is 1. The molecule has 18 nitrogen and oxygen atoms in total. The number of unbranched alkanes of at least 4 members (excludes halogenated alkanes) is 5. The third kappa shape index (κ3) is 17.1. The third-order valence-electron chi connectivity index (χ3n) is 24.6. The van der Waals surface area contributed by atoms with Crippen molar-refractivity contribution in [1.29, 1.82) is 0 Å². The van der Waals surface area contributed by atoms with E-state index >= 15 is 0 Å². The van der Waals surface area contributed by atoms with E-state index in [-0.39, 0.29) is 73.6 Å². The molecule has 0 fully saturated rings. The van der Waals surface area contributed by atoms with E-state index in [0.29, 0.717) is 56.5 Å². The molecular weight excluding hydrogens is 1500 g/mol. The van der Waals surface area contributed by atoms with Crippen LogP contribution >= 0.6 is 11.8 Å². The van der Waals surface area contributed by atoms with E-state index in [2.05, 4.69) is 202 Å². The first-order valence-corrected chi connectivity index (χ1v) is 45.2. The summed E-state index contributed by atoms with van der Waals surface area (Å²) in [5, 5.41) is 10.7. The summed E-state index contributed by atoms with van der Waals surface area (Å²) in [6, 6.07) is 39.4. The van der Waals surface area contributed by atoms with E-state index in [1.54, 1.807) is 11.8 Å². The molecule has 115 heavy (non-hydrogen) atoms. The lowest BCUT2D eigenvalue weighted by Gasteiger charge is -2.28. The summed E-state index contributed by atoms with van der Waals surface area (Å²) in [5.41, 5.74) is 22.2. The molecule has 2 amide bonds. The molecule has 3 aromatic heterocycles. The van der Waals surface area contributed by atoms with Gasteiger partial charge in [-0.05, 0) is 221 Å². The number of rotatable bonds is 30. The fraction of sp³-hybridized carbons (Fsp3) is 0.404. The monoisotopic (exact) mass is 1600 g/mol. The van der Waals surface area contributed by atoms with Crippen LogP contribution in [0.1, 0.15) is 247 Å². The zero-order valence-electron chi connectivity index (χ0n) is 68.2. The molecule has 0 radical (unpaired) electrons. The highest BCUT2D eigenvalue weighted by atomic mass is 32.2. The van der Waals surface area contributed by atoms with Crippen molar-refractivity contribution in [2.24, 2.45) is 0 Å². The average Bonchev–Trinajstić information content (AvgIpc) is 1.58. The van der Waals surface area contributed by atoms with Crippen molar-refractivity contribution in [3.63, 3.8) is 0 Å². The van der Waals surface area contributed by atoms with Crippen LogP contribution in [-0.4, -0.2) is 118 Å². The number of aromatic nitrogens is 4. The lowest BCUT2D eigenvalue weighted by atomic mass is 9.78. The molecule has 5 aromatic carbocycles. The number of nitrogens with zero attached hydrogens (tertiary/aromatic N) is 4. The van der Waals surface area contributed by atoms with E-state index in [4.69, 9.17) is 14.7 Å². The molecule has 14 rings (SSSR count). The number of nitrogens with one attached hydrogen (secondary N) is 4. The Bertz CT molecular complexity index is 5840. The van der Waals surface area contributed by atoms with Crippen molar-refractivity contribution in [1.82, 2.24) is 30.6 Å². The Hall–Kier alpha value is -9.35. The van der Waals surface area contributed by atoms with Gasteiger partial charge in [0.2, 0.25) is 11.6 Å². The Balaban J connectivity index is 0.717. The van der Waals surface area contributed by atoms with E-state index in [1.165, 1.54) is 17.5 Å². The van der Waals surface area contributed by atoms with Crippen LogP contribution in [0.25, 0.3) is 54.8 Å². The van der Waals surface area contributed by atoms with Crippen LogP contribution in [-0.2, 0) is 47.0 Å². The van der Waals surface area contributed by atoms with Crippen molar-refractivity contribution in [2.45, 2.75) is 206 Å². The van der Waals surface area contributed by atoms with E-state index in [0.717, 1.165) is 188 Å². The van der Waals surface area contributed by atoms with Gasteiger partial charge in [-0.2, -0.15) is 13.0 Å². The molecule has 3 atom stereocenters. The van der Waals surface area contributed by atoms with Crippen molar-refractivity contribution in [3.05, 3.63) is 229 Å². The number of carbonyl (C=O) groups excluding carboxylic acids is 3. The first-order valence-electron chi connectivity index (χ1n) is 41.2. The molecule has 8 aromatic rings. The van der Waals surface area contributed by atoms with Gasteiger partial charge in [0.15, 0.2) is 11.5 Å². The van der Waals surface area contributed by atoms with E-state index < -0.39 is 36.8 Å². The zero-order valence-corrected chi connectivity index (χ0v) is 70.7. The second-order valence-corrected chi connectivity index (χ2v) is 37.1. The molecule has 8 bridgehead atoms. The zero-order chi connectivity index (χ0) is 81.4. The predicted octanol–water partition coefficient (Wildman–Crippen LogP) is 20.0. The molecule has 2 aliphatic carbocycles. The number of aryl methyl sites for hydroxylation is 2. The number of anilines is 1. The quantitative estimate of drug-likeness (QED) is 0.0159. The lowest BCUT2D eigenvalue weighted by Crippen LogP contribution is -2.34. The van der Waals surface area contributed by atoms with Gasteiger partial charge in [0, 0.05) is 152 Å². The minimum atomic E-state index is -4.39. The summed E-state index contributed by atoms with van der Waals surface area (Å²) < 4.78 is 78.0. The normalized spacial score (nSPS) is 18.2. The molecule has 6 aliphatic rings. The number of hydrogen-bond donors (Lipinski definition) is 5. The Morgan fingerprint density at radius 2 is 1.47 bits per heavy atom. The molecule has 7 heterocycles. The van der Waals surface area contributed by atoms with Gasteiger partial charge < -0.3 is 34.8 Å². The van der Waals surface area contributed by atoms with Crippen LogP contribution in [0.5, 0.6) is 0 Å². The molecular formula is C94H108N8O10S3. The standard InChI is InChI=1S/C94H108N8O10S3/c1-12-14-15-22-50-112-61(7)85-59(5)75-54-74-58(4)69(89(99-74)72-53-81(103)86-60(6)76(100-90(72)86)55-77-68(13-2)57(3)73(97-77)56-78(85)98-75)40-45-84(104)95-46-47-96-92(105)66-32-38-67(39-33-66)113-91-64(36-43-82-93(8,9)87-70-30-18-16-26-62(70)34-41-79(87)101(82)48-20-23-51-114(106,107)108)28-25-29-65(91)37-44-83-94(10,11)88-71-31-19-17-27-63(71)35-42-80(88)102(83)49-21-24-52-115(109,110)111/h16-19,26-27,30-39,41-44,54-56,58,61,69H,12-15,20-25,28-29,40,45-53H2,1-11H3,(H5-,95,96,97,98,99,100,103,104,105,106,107,108,109,110,111)/t58-,61?,69-/m0/s1. The first-order chi connectivity index (χ1) is 55.0. The van der Waals surface area contributed by atoms with Crippen LogP contribution in [0.15, 0.2) is 166 Å². The summed E-state index contributed by atoms with van der Waals surface area (Å²) >= 11 is 1.65. The largest absolute Gasteiger partial charge is 0.748 e. The van der Waals surface area contributed by atoms with Crippen molar-refractivity contribution >= 4 is 121 Å². The van der Waals surface area contributed by atoms with Crippen LogP contribution in [0.2, 0.25) is 0 Å². The maximum Gasteiger partial charge on any atom is 0.264 e. The highest BCUT2D eigenvalue weighted by molar-refractivity contribution is 8.03. The molecule has 1 unspecified atom stereocenters. The van der Waals surface area contributed by atoms with E-state index in [9.17, 15) is 40.3 Å². The second-order valence-electron chi connectivity index (χ2n) is 33.0. The second kappa shape index (κ2) is 34.1.